The first-order valence-corrected chi connectivity index (χ1v) is 6.05. The molecule has 1 heterocycles. The third kappa shape index (κ3) is 1.82. The van der Waals surface area contributed by atoms with Gasteiger partial charge in [0.2, 0.25) is 0 Å². The molecule has 0 fully saturated rings. The molecule has 2 amide bonds. The number of nitrogens with two attached hydrogens (primary N) is 1. The lowest BCUT2D eigenvalue weighted by Gasteiger charge is -2.35. The number of fused-ring (bicyclic) bond motifs is 1. The molecule has 0 saturated carbocycles. The van der Waals surface area contributed by atoms with E-state index in [1.54, 1.807) is 24.3 Å². The van der Waals surface area contributed by atoms with Crippen molar-refractivity contribution in [3.8, 4) is 0 Å². The van der Waals surface area contributed by atoms with Gasteiger partial charge in [-0.05, 0) is 17.5 Å². The lowest BCUT2D eigenvalue weighted by atomic mass is 9.85. The molecule has 2 N–H and O–H groups in total. The van der Waals surface area contributed by atoms with Gasteiger partial charge >= 0.3 is 0 Å². The SMILES string of the molecule is CC(C)(C)C(CN)N1C(=O)c2ccccc2C1=O. The number of carbonyl (C=O) groups excluding carboxylic acids is 2. The van der Waals surface area contributed by atoms with Crippen LogP contribution in [0.1, 0.15) is 41.5 Å². The highest BCUT2D eigenvalue weighted by Crippen LogP contribution is 2.31. The number of nitrogens with zero attached hydrogens (tertiary/aromatic N) is 1. The molecule has 1 aromatic rings. The van der Waals surface area contributed by atoms with Crippen LogP contribution in [0.4, 0.5) is 0 Å². The predicted octanol–water partition coefficient (Wildman–Crippen LogP) is 1.66. The van der Waals surface area contributed by atoms with Crippen molar-refractivity contribution in [3.05, 3.63) is 35.4 Å². The molecule has 1 atom stereocenters. The molecule has 4 nitrogen and oxygen atoms in total. The van der Waals surface area contributed by atoms with Crippen LogP contribution in [-0.4, -0.2) is 29.3 Å². The smallest absolute Gasteiger partial charge is 0.261 e. The summed E-state index contributed by atoms with van der Waals surface area (Å²) in [5, 5.41) is 0. The average molecular weight is 246 g/mol. The van der Waals surface area contributed by atoms with Crippen molar-refractivity contribution in [1.29, 1.82) is 0 Å². The van der Waals surface area contributed by atoms with Crippen molar-refractivity contribution in [2.75, 3.05) is 6.54 Å². The van der Waals surface area contributed by atoms with Crippen LogP contribution in [-0.2, 0) is 0 Å². The molecule has 1 aromatic carbocycles. The van der Waals surface area contributed by atoms with Gasteiger partial charge in [-0.1, -0.05) is 32.9 Å². The highest BCUT2D eigenvalue weighted by atomic mass is 16.2. The second-order valence-corrected chi connectivity index (χ2v) is 5.64. The summed E-state index contributed by atoms with van der Waals surface area (Å²) in [6, 6.07) is 6.62. The Morgan fingerprint density at radius 3 is 1.89 bits per heavy atom. The Hall–Kier alpha value is -1.68. The van der Waals surface area contributed by atoms with Gasteiger partial charge < -0.3 is 5.73 Å². The summed E-state index contributed by atoms with van der Waals surface area (Å²) in [7, 11) is 0. The highest BCUT2D eigenvalue weighted by molar-refractivity contribution is 6.21. The van der Waals surface area contributed by atoms with E-state index in [0.717, 1.165) is 0 Å². The van der Waals surface area contributed by atoms with Gasteiger partial charge in [0.25, 0.3) is 11.8 Å². The number of hydrogen-bond donors (Lipinski definition) is 1. The lowest BCUT2D eigenvalue weighted by molar-refractivity contribution is 0.0470. The normalized spacial score (nSPS) is 17.0. The van der Waals surface area contributed by atoms with Crippen LogP contribution in [0, 0.1) is 5.41 Å². The summed E-state index contributed by atoms with van der Waals surface area (Å²) in [6.45, 7) is 6.21. The number of amides is 2. The molecule has 1 aliphatic heterocycles. The molecule has 0 saturated heterocycles. The third-order valence-electron chi connectivity index (χ3n) is 3.36. The van der Waals surface area contributed by atoms with Crippen molar-refractivity contribution < 1.29 is 9.59 Å². The van der Waals surface area contributed by atoms with Gasteiger partial charge in [-0.3, -0.25) is 14.5 Å². The van der Waals surface area contributed by atoms with Gasteiger partial charge in [-0.2, -0.15) is 0 Å². The first-order valence-electron chi connectivity index (χ1n) is 6.05. The fraction of sp³-hybridized carbons (Fsp3) is 0.429. The number of rotatable bonds is 2. The molecular formula is C14H18N2O2. The van der Waals surface area contributed by atoms with Gasteiger partial charge in [0.05, 0.1) is 17.2 Å². The second-order valence-electron chi connectivity index (χ2n) is 5.64. The third-order valence-corrected chi connectivity index (χ3v) is 3.36. The zero-order chi connectivity index (χ0) is 13.5. The maximum atomic E-state index is 12.3. The Balaban J connectivity index is 2.45. The zero-order valence-corrected chi connectivity index (χ0v) is 10.9. The molecule has 0 radical (unpaired) electrons. The van der Waals surface area contributed by atoms with Crippen LogP contribution < -0.4 is 5.73 Å². The minimum Gasteiger partial charge on any atom is -0.328 e. The van der Waals surface area contributed by atoms with Crippen LogP contribution in [0.3, 0.4) is 0 Å². The molecule has 2 rings (SSSR count). The van der Waals surface area contributed by atoms with Gasteiger partial charge in [0.1, 0.15) is 0 Å². The number of imide groups is 1. The summed E-state index contributed by atoms with van der Waals surface area (Å²) in [4.78, 5) is 25.9. The van der Waals surface area contributed by atoms with E-state index in [2.05, 4.69) is 0 Å². The Labute approximate surface area is 107 Å². The van der Waals surface area contributed by atoms with E-state index in [1.165, 1.54) is 4.90 Å². The number of benzene rings is 1. The van der Waals surface area contributed by atoms with E-state index in [-0.39, 0.29) is 29.8 Å². The maximum absolute atomic E-state index is 12.3. The first kappa shape index (κ1) is 12.8. The van der Waals surface area contributed by atoms with Crippen molar-refractivity contribution in [2.45, 2.75) is 26.8 Å². The van der Waals surface area contributed by atoms with Crippen molar-refractivity contribution in [2.24, 2.45) is 11.1 Å². The summed E-state index contributed by atoms with van der Waals surface area (Å²) in [6.07, 6.45) is 0. The predicted molar refractivity (Wildman–Crippen MR) is 69.2 cm³/mol. The molecule has 0 spiro atoms. The van der Waals surface area contributed by atoms with E-state index >= 15 is 0 Å². The molecule has 1 aliphatic rings. The molecule has 96 valence electrons. The summed E-state index contributed by atoms with van der Waals surface area (Å²) in [5.41, 5.74) is 6.47. The summed E-state index contributed by atoms with van der Waals surface area (Å²) in [5.74, 6) is -0.470. The molecule has 0 bridgehead atoms. The summed E-state index contributed by atoms with van der Waals surface area (Å²) < 4.78 is 0. The van der Waals surface area contributed by atoms with Gasteiger partial charge in [0.15, 0.2) is 0 Å². The maximum Gasteiger partial charge on any atom is 0.261 e. The minimum absolute atomic E-state index is 0.234. The Kier molecular flexibility index (Phi) is 2.99. The molecule has 0 aliphatic carbocycles. The average Bonchev–Trinajstić information content (AvgIpc) is 2.54. The molecule has 0 aromatic heterocycles. The minimum atomic E-state index is -0.287. The Bertz CT molecular complexity index is 468. The van der Waals surface area contributed by atoms with Gasteiger partial charge in [0, 0.05) is 6.54 Å². The van der Waals surface area contributed by atoms with Crippen LogP contribution in [0.25, 0.3) is 0 Å². The topological polar surface area (TPSA) is 63.4 Å². The number of carbonyl (C=O) groups is 2. The van der Waals surface area contributed by atoms with Crippen molar-refractivity contribution >= 4 is 11.8 Å². The lowest BCUT2D eigenvalue weighted by Crippen LogP contribution is -2.51. The fourth-order valence-electron chi connectivity index (χ4n) is 2.34. The summed E-state index contributed by atoms with van der Waals surface area (Å²) >= 11 is 0. The van der Waals surface area contributed by atoms with Gasteiger partial charge in [-0.25, -0.2) is 0 Å². The van der Waals surface area contributed by atoms with Crippen LogP contribution in [0.2, 0.25) is 0 Å². The van der Waals surface area contributed by atoms with E-state index in [1.807, 2.05) is 20.8 Å². The molecular weight excluding hydrogens is 228 g/mol. The van der Waals surface area contributed by atoms with E-state index in [9.17, 15) is 9.59 Å². The van der Waals surface area contributed by atoms with E-state index < -0.39 is 0 Å². The quantitative estimate of drug-likeness (QED) is 0.807. The Morgan fingerprint density at radius 1 is 1.11 bits per heavy atom. The second kappa shape index (κ2) is 4.21. The standard InChI is InChI=1S/C14H18N2O2/c1-14(2,3)11(8-15)16-12(17)9-6-4-5-7-10(9)13(16)18/h4-7,11H,8,15H2,1-3H3. The van der Waals surface area contributed by atoms with Crippen LogP contribution in [0.5, 0.6) is 0 Å². The van der Waals surface area contributed by atoms with Crippen molar-refractivity contribution in [3.63, 3.8) is 0 Å². The van der Waals surface area contributed by atoms with Gasteiger partial charge in [-0.15, -0.1) is 0 Å². The van der Waals surface area contributed by atoms with E-state index in [4.69, 9.17) is 5.73 Å². The molecule has 1 unspecified atom stereocenters. The first-order chi connectivity index (χ1) is 8.38. The highest BCUT2D eigenvalue weighted by Gasteiger charge is 2.43. The number of hydrogen-bond acceptors (Lipinski definition) is 3. The molecule has 4 heteroatoms. The monoisotopic (exact) mass is 246 g/mol. The van der Waals surface area contributed by atoms with Crippen molar-refractivity contribution in [1.82, 2.24) is 4.90 Å². The van der Waals surface area contributed by atoms with Crippen LogP contribution in [0.15, 0.2) is 24.3 Å². The zero-order valence-electron chi connectivity index (χ0n) is 10.9. The van der Waals surface area contributed by atoms with Crippen LogP contribution >= 0.6 is 0 Å². The fourth-order valence-corrected chi connectivity index (χ4v) is 2.34. The molecule has 18 heavy (non-hydrogen) atoms. The largest absolute Gasteiger partial charge is 0.328 e. The van der Waals surface area contributed by atoms with E-state index in [0.29, 0.717) is 11.1 Å². The Morgan fingerprint density at radius 2 is 1.56 bits per heavy atom.